The molecule has 1 amide bonds. The molecule has 0 spiro atoms. The largest absolute Gasteiger partial charge is 0.390 e. The quantitative estimate of drug-likeness (QED) is 0.581. The van der Waals surface area contributed by atoms with Crippen LogP contribution in [0.15, 0.2) is 58.1 Å². The van der Waals surface area contributed by atoms with Gasteiger partial charge >= 0.3 is 5.69 Å². The highest BCUT2D eigenvalue weighted by molar-refractivity contribution is 6.30. The Balaban J connectivity index is 2.05. The molecule has 0 aliphatic carbocycles. The Hall–Kier alpha value is -3.27. The summed E-state index contributed by atoms with van der Waals surface area (Å²) >= 11 is 5.89. The molecular formula is C20H19ClN4O5. The number of amides is 1. The van der Waals surface area contributed by atoms with Crippen LogP contribution in [0.1, 0.15) is 11.3 Å². The smallest absolute Gasteiger partial charge is 0.352 e. The molecule has 30 heavy (non-hydrogen) atoms. The van der Waals surface area contributed by atoms with Gasteiger partial charge in [-0.05, 0) is 35.9 Å². The van der Waals surface area contributed by atoms with Crippen molar-refractivity contribution in [3.63, 3.8) is 0 Å². The lowest BCUT2D eigenvalue weighted by Crippen LogP contribution is -2.43. The van der Waals surface area contributed by atoms with Gasteiger partial charge in [-0.25, -0.2) is 4.79 Å². The summed E-state index contributed by atoms with van der Waals surface area (Å²) in [5, 5.41) is 16.7. The standard InChI is InChI=1S/C20H19ClN4O5/c1-30-12-18(27)22-15-3-2-4-16(9-15)25-20(29)24(19(28)17(11-26)23-25)10-13-5-7-14(21)8-6-13/h2-9,26H,10-12H2,1H3,(H,22,27). The van der Waals surface area contributed by atoms with Crippen LogP contribution in [0, 0.1) is 0 Å². The summed E-state index contributed by atoms with van der Waals surface area (Å²) in [4.78, 5) is 37.3. The number of aliphatic hydroxyl groups is 1. The molecule has 0 saturated carbocycles. The summed E-state index contributed by atoms with van der Waals surface area (Å²) in [5.41, 5.74) is -0.136. The van der Waals surface area contributed by atoms with Gasteiger partial charge in [-0.2, -0.15) is 9.78 Å². The van der Waals surface area contributed by atoms with E-state index in [0.29, 0.717) is 22.0 Å². The number of anilines is 1. The molecule has 3 rings (SSSR count). The van der Waals surface area contributed by atoms with Crippen LogP contribution >= 0.6 is 11.6 Å². The normalized spacial score (nSPS) is 10.8. The van der Waals surface area contributed by atoms with E-state index in [0.717, 1.165) is 9.25 Å². The minimum Gasteiger partial charge on any atom is -0.390 e. The van der Waals surface area contributed by atoms with Crippen molar-refractivity contribution in [2.75, 3.05) is 19.0 Å². The average molecular weight is 431 g/mol. The molecule has 2 aromatic carbocycles. The van der Waals surface area contributed by atoms with Gasteiger partial charge in [-0.15, -0.1) is 0 Å². The van der Waals surface area contributed by atoms with E-state index >= 15 is 0 Å². The summed E-state index contributed by atoms with van der Waals surface area (Å²) in [6, 6.07) is 13.1. The number of methoxy groups -OCH3 is 1. The van der Waals surface area contributed by atoms with Crippen LogP contribution in [0.25, 0.3) is 5.69 Å². The van der Waals surface area contributed by atoms with Crippen LogP contribution in [-0.2, 0) is 22.7 Å². The van der Waals surface area contributed by atoms with E-state index in [1.165, 1.54) is 13.2 Å². The topological polar surface area (TPSA) is 115 Å². The number of carbonyl (C=O) groups excluding carboxylic acids is 1. The van der Waals surface area contributed by atoms with E-state index in [1.54, 1.807) is 42.5 Å². The molecule has 1 heterocycles. The molecule has 0 atom stereocenters. The number of hydrogen-bond acceptors (Lipinski definition) is 6. The van der Waals surface area contributed by atoms with Gasteiger partial charge in [0.05, 0.1) is 18.8 Å². The van der Waals surface area contributed by atoms with Gasteiger partial charge in [-0.1, -0.05) is 29.8 Å². The number of nitrogens with zero attached hydrogens (tertiary/aromatic N) is 3. The maximum absolute atomic E-state index is 13.0. The molecule has 10 heteroatoms. The Bertz CT molecular complexity index is 1170. The third-order valence-electron chi connectivity index (χ3n) is 4.18. The van der Waals surface area contributed by atoms with Crippen molar-refractivity contribution >= 4 is 23.2 Å². The predicted octanol–water partition coefficient (Wildman–Crippen LogP) is 1.17. The van der Waals surface area contributed by atoms with Crippen molar-refractivity contribution in [3.05, 3.63) is 85.6 Å². The highest BCUT2D eigenvalue weighted by atomic mass is 35.5. The third-order valence-corrected chi connectivity index (χ3v) is 4.43. The first-order valence-electron chi connectivity index (χ1n) is 8.90. The fourth-order valence-electron chi connectivity index (χ4n) is 2.79. The molecule has 2 N–H and O–H groups in total. The molecule has 0 radical (unpaired) electrons. The summed E-state index contributed by atoms with van der Waals surface area (Å²) in [7, 11) is 1.40. The van der Waals surface area contributed by atoms with E-state index in [4.69, 9.17) is 16.3 Å². The molecule has 3 aromatic rings. The van der Waals surface area contributed by atoms with E-state index in [2.05, 4.69) is 10.4 Å². The monoisotopic (exact) mass is 430 g/mol. The van der Waals surface area contributed by atoms with E-state index in [9.17, 15) is 19.5 Å². The number of carbonyl (C=O) groups is 1. The number of halogens is 1. The van der Waals surface area contributed by atoms with Crippen molar-refractivity contribution in [3.8, 4) is 5.69 Å². The first kappa shape index (κ1) is 21.4. The average Bonchev–Trinajstić information content (AvgIpc) is 2.73. The lowest BCUT2D eigenvalue weighted by atomic mass is 10.2. The zero-order valence-electron chi connectivity index (χ0n) is 16.0. The van der Waals surface area contributed by atoms with Crippen LogP contribution in [0.5, 0.6) is 0 Å². The van der Waals surface area contributed by atoms with Crippen LogP contribution in [0.2, 0.25) is 5.02 Å². The lowest BCUT2D eigenvalue weighted by molar-refractivity contribution is -0.119. The van der Waals surface area contributed by atoms with Gasteiger partial charge in [0.1, 0.15) is 6.61 Å². The molecule has 156 valence electrons. The van der Waals surface area contributed by atoms with Crippen molar-refractivity contribution in [2.45, 2.75) is 13.2 Å². The molecule has 9 nitrogen and oxygen atoms in total. The van der Waals surface area contributed by atoms with Gasteiger partial charge in [0, 0.05) is 17.8 Å². The predicted molar refractivity (Wildman–Crippen MR) is 111 cm³/mol. The minimum absolute atomic E-state index is 0.0192. The van der Waals surface area contributed by atoms with E-state index in [1.807, 2.05) is 0 Å². The van der Waals surface area contributed by atoms with Crippen LogP contribution in [0.3, 0.4) is 0 Å². The molecule has 0 fully saturated rings. The Morgan fingerprint density at radius 1 is 1.20 bits per heavy atom. The number of benzene rings is 2. The molecule has 0 saturated heterocycles. The highest BCUT2D eigenvalue weighted by Gasteiger charge is 2.15. The van der Waals surface area contributed by atoms with Crippen LogP contribution in [0.4, 0.5) is 5.69 Å². The van der Waals surface area contributed by atoms with Crippen molar-refractivity contribution in [1.82, 2.24) is 14.3 Å². The first-order chi connectivity index (χ1) is 14.4. The fourth-order valence-corrected chi connectivity index (χ4v) is 2.91. The number of aromatic nitrogens is 3. The molecule has 0 aliphatic rings. The number of ether oxygens (including phenoxy) is 1. The summed E-state index contributed by atoms with van der Waals surface area (Å²) < 4.78 is 6.77. The minimum atomic E-state index is -0.687. The number of rotatable bonds is 7. The third kappa shape index (κ3) is 4.82. The van der Waals surface area contributed by atoms with Crippen molar-refractivity contribution < 1.29 is 14.6 Å². The molecular weight excluding hydrogens is 412 g/mol. The van der Waals surface area contributed by atoms with Crippen molar-refractivity contribution in [2.24, 2.45) is 0 Å². The molecule has 0 bridgehead atoms. The highest BCUT2D eigenvalue weighted by Crippen LogP contribution is 2.13. The van der Waals surface area contributed by atoms with Gasteiger partial charge in [0.25, 0.3) is 5.56 Å². The second kappa shape index (κ2) is 9.49. The second-order valence-electron chi connectivity index (χ2n) is 6.35. The molecule has 1 aromatic heterocycles. The van der Waals surface area contributed by atoms with Crippen LogP contribution < -0.4 is 16.6 Å². The van der Waals surface area contributed by atoms with Gasteiger partial charge in [0.15, 0.2) is 5.69 Å². The maximum Gasteiger partial charge on any atom is 0.352 e. The fraction of sp³-hybridized carbons (Fsp3) is 0.200. The number of hydrogen-bond donors (Lipinski definition) is 2. The molecule has 0 unspecified atom stereocenters. The van der Waals surface area contributed by atoms with E-state index < -0.39 is 17.9 Å². The Labute approximate surface area is 176 Å². The second-order valence-corrected chi connectivity index (χ2v) is 6.78. The van der Waals surface area contributed by atoms with Crippen molar-refractivity contribution in [1.29, 1.82) is 0 Å². The lowest BCUT2D eigenvalue weighted by Gasteiger charge is -2.12. The van der Waals surface area contributed by atoms with Gasteiger partial charge in [-0.3, -0.25) is 14.2 Å². The zero-order chi connectivity index (χ0) is 21.7. The number of nitrogens with one attached hydrogen (secondary N) is 1. The Kier molecular flexibility index (Phi) is 6.78. The Morgan fingerprint density at radius 3 is 2.60 bits per heavy atom. The van der Waals surface area contributed by atoms with E-state index in [-0.39, 0.29) is 24.8 Å². The summed E-state index contributed by atoms with van der Waals surface area (Å²) in [5.74, 6) is -0.362. The van der Waals surface area contributed by atoms with Gasteiger partial charge < -0.3 is 15.2 Å². The molecule has 0 aliphatic heterocycles. The zero-order valence-corrected chi connectivity index (χ0v) is 16.8. The van der Waals surface area contributed by atoms with Crippen LogP contribution in [-0.4, -0.2) is 39.1 Å². The summed E-state index contributed by atoms with van der Waals surface area (Å²) in [6.45, 7) is -0.776. The maximum atomic E-state index is 13.0. The summed E-state index contributed by atoms with van der Waals surface area (Å²) in [6.07, 6.45) is 0. The van der Waals surface area contributed by atoms with Gasteiger partial charge in [0.2, 0.25) is 5.91 Å². The first-order valence-corrected chi connectivity index (χ1v) is 9.28. The Morgan fingerprint density at radius 2 is 1.93 bits per heavy atom. The number of aliphatic hydroxyl groups excluding tert-OH is 1. The SMILES string of the molecule is COCC(=O)Nc1cccc(-n2nc(CO)c(=O)n(Cc3ccc(Cl)cc3)c2=O)c1.